The molecule has 9 heteroatoms. The van der Waals surface area contributed by atoms with Crippen LogP contribution in [0, 0.1) is 11.7 Å². The predicted molar refractivity (Wildman–Crippen MR) is 133 cm³/mol. The van der Waals surface area contributed by atoms with Crippen LogP contribution < -0.4 is 15.8 Å². The molecule has 0 aliphatic carbocycles. The minimum atomic E-state index is -0.275. The molecule has 0 radical (unpaired) electrons. The highest BCUT2D eigenvalue weighted by Gasteiger charge is 2.18. The van der Waals surface area contributed by atoms with Crippen molar-refractivity contribution in [2.75, 3.05) is 17.7 Å². The summed E-state index contributed by atoms with van der Waals surface area (Å²) in [5, 5.41) is 7.69. The second-order valence-corrected chi connectivity index (χ2v) is 8.37. The SMILES string of the molecule is CC(C)CCCOc1nc(N[C@@H](C)c2ccc(F)cc2)cc(-c2c(N)nn3cccnc23)n1.[HH].[HH].[HH]. The largest absolute Gasteiger partial charge is 0.463 e. The van der Waals surface area contributed by atoms with Crippen LogP contribution in [-0.2, 0) is 0 Å². The molecule has 1 atom stereocenters. The molecule has 1 aromatic carbocycles. The second kappa shape index (κ2) is 9.81. The van der Waals surface area contributed by atoms with Crippen LogP contribution in [0.25, 0.3) is 16.9 Å². The lowest BCUT2D eigenvalue weighted by molar-refractivity contribution is 0.276. The van der Waals surface area contributed by atoms with E-state index >= 15 is 0 Å². The Balaban J connectivity index is 0.00000216. The quantitative estimate of drug-likeness (QED) is 0.315. The number of hydrogen-bond acceptors (Lipinski definition) is 7. The number of aromatic nitrogens is 5. The van der Waals surface area contributed by atoms with Crippen molar-refractivity contribution in [2.45, 2.75) is 39.7 Å². The number of ether oxygens (including phenoxy) is 1. The molecule has 3 aromatic heterocycles. The predicted octanol–water partition coefficient (Wildman–Crippen LogP) is 5.63. The summed E-state index contributed by atoms with van der Waals surface area (Å²) >= 11 is 0. The molecule has 0 unspecified atom stereocenters. The third kappa shape index (κ3) is 5.36. The van der Waals surface area contributed by atoms with E-state index in [4.69, 9.17) is 10.5 Å². The Kier molecular flexibility index (Phi) is 6.67. The highest BCUT2D eigenvalue weighted by atomic mass is 19.1. The molecule has 0 bridgehead atoms. The number of halogens is 1. The van der Waals surface area contributed by atoms with Gasteiger partial charge in [0, 0.05) is 28.8 Å². The van der Waals surface area contributed by atoms with E-state index in [0.29, 0.717) is 41.1 Å². The first-order valence-electron chi connectivity index (χ1n) is 11.0. The molecule has 178 valence electrons. The standard InChI is InChI=1S/C24H28FN7O.3H2/c1-15(2)6-4-13-33-24-29-19(21-22(26)31-32-12-5-11-27-23(21)32)14-20(30-24)28-16(3)17-7-9-18(25)10-8-17;;;/h5,7-12,14-16H,4,6,13H2,1-3H3,(H2,26,31)(H,28,29,30);3*1H/t16-;;;/m0.../s1. The first-order chi connectivity index (χ1) is 15.9. The van der Waals surface area contributed by atoms with Gasteiger partial charge < -0.3 is 15.8 Å². The average molecular weight is 456 g/mol. The number of nitrogens with two attached hydrogens (primary N) is 1. The summed E-state index contributed by atoms with van der Waals surface area (Å²) in [6, 6.07) is 10.1. The molecule has 8 nitrogen and oxygen atoms in total. The maximum absolute atomic E-state index is 13.3. The molecule has 0 saturated carbocycles. The van der Waals surface area contributed by atoms with Crippen LogP contribution in [-0.4, -0.2) is 31.2 Å². The molecule has 4 aromatic rings. The lowest BCUT2D eigenvalue weighted by atomic mass is 10.1. The molecule has 0 aliphatic rings. The third-order valence-corrected chi connectivity index (χ3v) is 5.28. The lowest BCUT2D eigenvalue weighted by Crippen LogP contribution is -2.10. The smallest absolute Gasteiger partial charge is 0.318 e. The van der Waals surface area contributed by atoms with E-state index in [1.54, 1.807) is 41.2 Å². The number of nitrogen functional groups attached to an aromatic ring is 1. The number of nitrogens with one attached hydrogen (secondary N) is 1. The van der Waals surface area contributed by atoms with Gasteiger partial charge in [0.05, 0.1) is 17.9 Å². The van der Waals surface area contributed by atoms with E-state index in [1.807, 2.05) is 6.92 Å². The Hall–Kier alpha value is -3.75. The van der Waals surface area contributed by atoms with E-state index in [1.165, 1.54) is 12.1 Å². The molecule has 3 heterocycles. The topological polar surface area (TPSA) is 103 Å². The lowest BCUT2D eigenvalue weighted by Gasteiger charge is -2.16. The van der Waals surface area contributed by atoms with E-state index in [2.05, 4.69) is 39.2 Å². The molecular weight excluding hydrogens is 421 g/mol. The number of hydrogen-bond donors (Lipinski definition) is 2. The number of fused-ring (bicyclic) bond motifs is 1. The van der Waals surface area contributed by atoms with E-state index in [-0.39, 0.29) is 22.1 Å². The minimum absolute atomic E-state index is 0. The highest BCUT2D eigenvalue weighted by Crippen LogP contribution is 2.31. The van der Waals surface area contributed by atoms with E-state index < -0.39 is 0 Å². The average Bonchev–Trinajstić information content (AvgIpc) is 3.12. The van der Waals surface area contributed by atoms with Gasteiger partial charge in [-0.25, -0.2) is 13.9 Å². The molecule has 0 amide bonds. The summed E-state index contributed by atoms with van der Waals surface area (Å²) in [4.78, 5) is 13.6. The van der Waals surface area contributed by atoms with Gasteiger partial charge in [-0.05, 0) is 49.4 Å². The van der Waals surface area contributed by atoms with Crippen molar-refractivity contribution in [3.63, 3.8) is 0 Å². The summed E-state index contributed by atoms with van der Waals surface area (Å²) in [7, 11) is 0. The van der Waals surface area contributed by atoms with Crippen molar-refractivity contribution >= 4 is 17.3 Å². The van der Waals surface area contributed by atoms with Crippen molar-refractivity contribution in [1.82, 2.24) is 24.6 Å². The molecule has 0 aliphatic heterocycles. The van der Waals surface area contributed by atoms with Gasteiger partial charge in [0.25, 0.3) is 0 Å². The van der Waals surface area contributed by atoms with Crippen LogP contribution in [0.3, 0.4) is 0 Å². The van der Waals surface area contributed by atoms with Crippen LogP contribution in [0.5, 0.6) is 6.01 Å². The molecule has 0 saturated heterocycles. The van der Waals surface area contributed by atoms with Crippen molar-refractivity contribution in [3.05, 3.63) is 60.2 Å². The fraction of sp³-hybridized carbons (Fsp3) is 0.333. The Morgan fingerprint density at radius 2 is 1.97 bits per heavy atom. The van der Waals surface area contributed by atoms with Crippen molar-refractivity contribution in [3.8, 4) is 17.3 Å². The Morgan fingerprint density at radius 3 is 2.73 bits per heavy atom. The first kappa shape index (κ1) is 22.4. The fourth-order valence-electron chi connectivity index (χ4n) is 3.55. The van der Waals surface area contributed by atoms with Gasteiger partial charge >= 0.3 is 6.01 Å². The van der Waals surface area contributed by atoms with Gasteiger partial charge in [0.15, 0.2) is 11.5 Å². The summed E-state index contributed by atoms with van der Waals surface area (Å²) < 4.78 is 20.8. The van der Waals surface area contributed by atoms with E-state index in [9.17, 15) is 4.39 Å². The van der Waals surface area contributed by atoms with E-state index in [0.717, 1.165) is 18.4 Å². The Labute approximate surface area is 196 Å². The maximum atomic E-state index is 13.3. The first-order valence-corrected chi connectivity index (χ1v) is 11.0. The molecule has 0 spiro atoms. The molecule has 3 N–H and O–H groups in total. The summed E-state index contributed by atoms with van der Waals surface area (Å²) in [5.41, 5.74) is 8.91. The van der Waals surface area contributed by atoms with Crippen molar-refractivity contribution < 1.29 is 13.4 Å². The molecule has 0 fully saturated rings. The molecule has 33 heavy (non-hydrogen) atoms. The van der Waals surface area contributed by atoms with Gasteiger partial charge in [-0.1, -0.05) is 26.0 Å². The minimum Gasteiger partial charge on any atom is -0.463 e. The van der Waals surface area contributed by atoms with Crippen LogP contribution in [0.15, 0.2) is 48.8 Å². The summed E-state index contributed by atoms with van der Waals surface area (Å²) in [6.45, 7) is 6.84. The van der Waals surface area contributed by atoms with Gasteiger partial charge in [0.1, 0.15) is 11.6 Å². The van der Waals surface area contributed by atoms with Crippen LogP contribution >= 0.6 is 0 Å². The van der Waals surface area contributed by atoms with Crippen LogP contribution in [0.4, 0.5) is 16.0 Å². The number of anilines is 2. The third-order valence-electron chi connectivity index (χ3n) is 5.28. The zero-order chi connectivity index (χ0) is 23.4. The highest BCUT2D eigenvalue weighted by molar-refractivity contribution is 5.85. The normalized spacial score (nSPS) is 12.3. The van der Waals surface area contributed by atoms with Gasteiger partial charge in [-0.3, -0.25) is 0 Å². The maximum Gasteiger partial charge on any atom is 0.318 e. The second-order valence-electron chi connectivity index (χ2n) is 8.37. The molecular formula is C24H34FN7O. The zero-order valence-corrected chi connectivity index (χ0v) is 19.0. The van der Waals surface area contributed by atoms with Crippen molar-refractivity contribution in [2.24, 2.45) is 5.92 Å². The number of nitrogens with zero attached hydrogens (tertiary/aromatic N) is 5. The van der Waals surface area contributed by atoms with Gasteiger partial charge in [0.2, 0.25) is 0 Å². The summed E-state index contributed by atoms with van der Waals surface area (Å²) in [5.74, 6) is 1.20. The molecule has 4 rings (SSSR count). The number of benzene rings is 1. The van der Waals surface area contributed by atoms with Gasteiger partial charge in [-0.2, -0.15) is 9.97 Å². The van der Waals surface area contributed by atoms with Crippen molar-refractivity contribution in [1.29, 1.82) is 0 Å². The number of rotatable bonds is 9. The van der Waals surface area contributed by atoms with Crippen LogP contribution in [0.1, 0.15) is 49.5 Å². The van der Waals surface area contributed by atoms with Crippen LogP contribution in [0.2, 0.25) is 0 Å². The summed E-state index contributed by atoms with van der Waals surface area (Å²) in [6.07, 6.45) is 5.42. The Bertz CT molecular complexity index is 1240. The zero-order valence-electron chi connectivity index (χ0n) is 19.0. The Morgan fingerprint density at radius 1 is 1.18 bits per heavy atom. The fourth-order valence-corrected chi connectivity index (χ4v) is 3.55. The van der Waals surface area contributed by atoms with Gasteiger partial charge in [-0.15, -0.1) is 5.10 Å². The monoisotopic (exact) mass is 455 g/mol.